The lowest BCUT2D eigenvalue weighted by atomic mass is 10.1. The van der Waals surface area contributed by atoms with Crippen LogP contribution < -0.4 is 19.5 Å². The molecule has 3 rings (SSSR count). The van der Waals surface area contributed by atoms with Crippen LogP contribution in [0.5, 0.6) is 17.2 Å². The summed E-state index contributed by atoms with van der Waals surface area (Å²) in [4.78, 5) is 12.1. The Morgan fingerprint density at radius 3 is 2.88 bits per heavy atom. The van der Waals surface area contributed by atoms with Crippen LogP contribution in [-0.2, 0) is 17.8 Å². The SMILES string of the molecule is CCOc1ccccc1CCC(=O)NCc1ccc2c(c1)OCO2. The molecule has 2 aromatic rings. The minimum Gasteiger partial charge on any atom is -0.494 e. The first-order valence-electron chi connectivity index (χ1n) is 8.12. The molecule has 0 spiro atoms. The Morgan fingerprint density at radius 1 is 1.17 bits per heavy atom. The van der Waals surface area contributed by atoms with Crippen LogP contribution in [0.3, 0.4) is 0 Å². The quantitative estimate of drug-likeness (QED) is 0.849. The van der Waals surface area contributed by atoms with Crippen molar-refractivity contribution < 1.29 is 19.0 Å². The molecule has 1 amide bonds. The zero-order chi connectivity index (χ0) is 16.8. The van der Waals surface area contributed by atoms with E-state index in [-0.39, 0.29) is 12.7 Å². The molecular weight excluding hydrogens is 306 g/mol. The average molecular weight is 327 g/mol. The van der Waals surface area contributed by atoms with E-state index in [4.69, 9.17) is 14.2 Å². The first kappa shape index (κ1) is 16.2. The van der Waals surface area contributed by atoms with Crippen molar-refractivity contribution in [3.63, 3.8) is 0 Å². The minimum absolute atomic E-state index is 0.0129. The van der Waals surface area contributed by atoms with E-state index in [9.17, 15) is 4.79 Å². The third-order valence-electron chi connectivity index (χ3n) is 3.82. The van der Waals surface area contributed by atoms with Crippen LogP contribution in [0.2, 0.25) is 0 Å². The molecule has 0 fully saturated rings. The fourth-order valence-corrected chi connectivity index (χ4v) is 2.59. The van der Waals surface area contributed by atoms with Crippen molar-refractivity contribution in [2.45, 2.75) is 26.3 Å². The van der Waals surface area contributed by atoms with E-state index in [0.717, 1.165) is 28.4 Å². The van der Waals surface area contributed by atoms with Crippen LogP contribution in [0.1, 0.15) is 24.5 Å². The van der Waals surface area contributed by atoms with Crippen LogP contribution in [-0.4, -0.2) is 19.3 Å². The molecule has 0 saturated heterocycles. The van der Waals surface area contributed by atoms with Gasteiger partial charge in [-0.15, -0.1) is 0 Å². The Kier molecular flexibility index (Phi) is 5.21. The number of hydrogen-bond donors (Lipinski definition) is 1. The number of carbonyl (C=O) groups excluding carboxylic acids is 1. The summed E-state index contributed by atoms with van der Waals surface area (Å²) < 4.78 is 16.2. The molecule has 0 unspecified atom stereocenters. The number of ether oxygens (including phenoxy) is 3. The number of fused-ring (bicyclic) bond motifs is 1. The molecule has 5 nitrogen and oxygen atoms in total. The molecule has 1 aliphatic heterocycles. The molecule has 1 N–H and O–H groups in total. The molecule has 0 radical (unpaired) electrons. The van der Waals surface area contributed by atoms with Gasteiger partial charge in [-0.3, -0.25) is 4.79 Å². The van der Waals surface area contributed by atoms with Gasteiger partial charge in [0.1, 0.15) is 5.75 Å². The van der Waals surface area contributed by atoms with Gasteiger partial charge in [0.05, 0.1) is 6.61 Å². The van der Waals surface area contributed by atoms with Crippen molar-refractivity contribution in [3.05, 3.63) is 53.6 Å². The maximum absolute atomic E-state index is 12.1. The second kappa shape index (κ2) is 7.73. The summed E-state index contributed by atoms with van der Waals surface area (Å²) in [6.45, 7) is 3.30. The summed E-state index contributed by atoms with van der Waals surface area (Å²) in [5, 5.41) is 2.94. The molecule has 0 aromatic heterocycles. The average Bonchev–Trinajstić information content (AvgIpc) is 3.07. The molecule has 24 heavy (non-hydrogen) atoms. The number of benzene rings is 2. The topological polar surface area (TPSA) is 56.8 Å². The Bertz CT molecular complexity index is 714. The summed E-state index contributed by atoms with van der Waals surface area (Å²) in [5.41, 5.74) is 2.04. The minimum atomic E-state index is 0.0129. The number of hydrogen-bond acceptors (Lipinski definition) is 4. The van der Waals surface area contributed by atoms with E-state index in [0.29, 0.717) is 26.0 Å². The Hall–Kier alpha value is -2.69. The maximum Gasteiger partial charge on any atom is 0.231 e. The first-order valence-corrected chi connectivity index (χ1v) is 8.12. The van der Waals surface area contributed by atoms with E-state index in [2.05, 4.69) is 5.32 Å². The summed E-state index contributed by atoms with van der Waals surface area (Å²) in [5.74, 6) is 2.34. The fourth-order valence-electron chi connectivity index (χ4n) is 2.59. The second-order valence-corrected chi connectivity index (χ2v) is 5.51. The highest BCUT2D eigenvalue weighted by Crippen LogP contribution is 2.32. The summed E-state index contributed by atoms with van der Waals surface area (Å²) in [6.07, 6.45) is 1.08. The molecule has 0 aliphatic carbocycles. The summed E-state index contributed by atoms with van der Waals surface area (Å²) in [6, 6.07) is 13.5. The van der Waals surface area contributed by atoms with Crippen LogP contribution in [0.25, 0.3) is 0 Å². The highest BCUT2D eigenvalue weighted by Gasteiger charge is 2.13. The lowest BCUT2D eigenvalue weighted by Crippen LogP contribution is -2.23. The van der Waals surface area contributed by atoms with Gasteiger partial charge in [0, 0.05) is 13.0 Å². The van der Waals surface area contributed by atoms with Crippen molar-refractivity contribution in [2.24, 2.45) is 0 Å². The van der Waals surface area contributed by atoms with E-state index in [1.165, 1.54) is 0 Å². The predicted molar refractivity (Wildman–Crippen MR) is 90.3 cm³/mol. The summed E-state index contributed by atoms with van der Waals surface area (Å²) in [7, 11) is 0. The lowest BCUT2D eigenvalue weighted by molar-refractivity contribution is -0.121. The van der Waals surface area contributed by atoms with Crippen molar-refractivity contribution in [3.8, 4) is 17.2 Å². The molecule has 1 heterocycles. The molecule has 0 atom stereocenters. The number of rotatable bonds is 7. The zero-order valence-corrected chi connectivity index (χ0v) is 13.7. The van der Waals surface area contributed by atoms with Gasteiger partial charge in [-0.2, -0.15) is 0 Å². The van der Waals surface area contributed by atoms with Gasteiger partial charge in [-0.1, -0.05) is 24.3 Å². The first-order chi connectivity index (χ1) is 11.8. The standard InChI is InChI=1S/C19H21NO4/c1-2-22-16-6-4-3-5-15(16)8-10-19(21)20-12-14-7-9-17-18(11-14)24-13-23-17/h3-7,9,11H,2,8,10,12-13H2,1H3,(H,20,21). The van der Waals surface area contributed by atoms with Crippen LogP contribution in [0.4, 0.5) is 0 Å². The van der Waals surface area contributed by atoms with E-state index >= 15 is 0 Å². The summed E-state index contributed by atoms with van der Waals surface area (Å²) >= 11 is 0. The van der Waals surface area contributed by atoms with Crippen molar-refractivity contribution in [2.75, 3.05) is 13.4 Å². The molecular formula is C19H21NO4. The van der Waals surface area contributed by atoms with Gasteiger partial charge >= 0.3 is 0 Å². The molecule has 0 bridgehead atoms. The Labute approximate surface area is 141 Å². The number of nitrogens with one attached hydrogen (secondary N) is 1. The van der Waals surface area contributed by atoms with Crippen LogP contribution in [0, 0.1) is 0 Å². The Balaban J connectivity index is 1.49. The number of amides is 1. The molecule has 5 heteroatoms. The molecule has 126 valence electrons. The van der Waals surface area contributed by atoms with Gasteiger partial charge < -0.3 is 19.5 Å². The largest absolute Gasteiger partial charge is 0.494 e. The lowest BCUT2D eigenvalue weighted by Gasteiger charge is -2.10. The predicted octanol–water partition coefficient (Wildman–Crippen LogP) is 3.06. The van der Waals surface area contributed by atoms with Gasteiger partial charge in [0.2, 0.25) is 12.7 Å². The molecule has 2 aromatic carbocycles. The second-order valence-electron chi connectivity index (χ2n) is 5.51. The van der Waals surface area contributed by atoms with Crippen molar-refractivity contribution in [1.82, 2.24) is 5.32 Å². The van der Waals surface area contributed by atoms with Crippen LogP contribution >= 0.6 is 0 Å². The van der Waals surface area contributed by atoms with Gasteiger partial charge in [-0.25, -0.2) is 0 Å². The normalized spacial score (nSPS) is 12.0. The Morgan fingerprint density at radius 2 is 2.00 bits per heavy atom. The van der Waals surface area contributed by atoms with E-state index < -0.39 is 0 Å². The number of aryl methyl sites for hydroxylation is 1. The number of para-hydroxylation sites is 1. The van der Waals surface area contributed by atoms with Crippen molar-refractivity contribution in [1.29, 1.82) is 0 Å². The van der Waals surface area contributed by atoms with E-state index in [1.54, 1.807) is 0 Å². The smallest absolute Gasteiger partial charge is 0.231 e. The van der Waals surface area contributed by atoms with E-state index in [1.807, 2.05) is 49.4 Å². The highest BCUT2D eigenvalue weighted by atomic mass is 16.7. The van der Waals surface area contributed by atoms with Gasteiger partial charge in [0.25, 0.3) is 0 Å². The van der Waals surface area contributed by atoms with Gasteiger partial charge in [0.15, 0.2) is 11.5 Å². The number of carbonyl (C=O) groups is 1. The third kappa shape index (κ3) is 3.98. The molecule has 1 aliphatic rings. The molecule has 0 saturated carbocycles. The zero-order valence-electron chi connectivity index (χ0n) is 13.7. The van der Waals surface area contributed by atoms with Gasteiger partial charge in [-0.05, 0) is 42.7 Å². The fraction of sp³-hybridized carbons (Fsp3) is 0.316. The van der Waals surface area contributed by atoms with Crippen molar-refractivity contribution >= 4 is 5.91 Å². The highest BCUT2D eigenvalue weighted by molar-refractivity contribution is 5.76. The third-order valence-corrected chi connectivity index (χ3v) is 3.82. The maximum atomic E-state index is 12.1. The van der Waals surface area contributed by atoms with Crippen LogP contribution in [0.15, 0.2) is 42.5 Å². The monoisotopic (exact) mass is 327 g/mol.